The Labute approximate surface area is 160 Å². The van der Waals surface area contributed by atoms with E-state index in [0.717, 1.165) is 47.4 Å². The van der Waals surface area contributed by atoms with Gasteiger partial charge >= 0.3 is 6.09 Å². The van der Waals surface area contributed by atoms with Crippen molar-refractivity contribution in [1.82, 2.24) is 15.3 Å². The zero-order chi connectivity index (χ0) is 18.9. The maximum Gasteiger partial charge on any atom is 0.407 e. The quantitative estimate of drug-likeness (QED) is 0.480. The molecule has 2 radical (unpaired) electrons. The minimum Gasteiger partial charge on any atom is -0.445 e. The van der Waals surface area contributed by atoms with Crippen molar-refractivity contribution in [2.75, 3.05) is 6.54 Å². The first kappa shape index (κ1) is 18.8. The molecule has 0 aliphatic rings. The van der Waals surface area contributed by atoms with Gasteiger partial charge in [-0.1, -0.05) is 60.1 Å². The van der Waals surface area contributed by atoms with Crippen LogP contribution in [0.4, 0.5) is 4.79 Å². The molecular weight excluding hydrogens is 337 g/mol. The number of hydrogen-bond donors (Lipinski definition) is 2. The van der Waals surface area contributed by atoms with Crippen molar-refractivity contribution in [2.24, 2.45) is 0 Å². The Kier molecular flexibility index (Phi) is 6.69. The lowest BCUT2D eigenvalue weighted by Crippen LogP contribution is -2.25. The molecule has 136 valence electrons. The van der Waals surface area contributed by atoms with E-state index < -0.39 is 0 Å². The van der Waals surface area contributed by atoms with E-state index in [9.17, 15) is 4.79 Å². The molecule has 0 bridgehead atoms. The molecule has 0 fully saturated rings. The van der Waals surface area contributed by atoms with Crippen LogP contribution in [-0.2, 0) is 17.8 Å². The zero-order valence-corrected chi connectivity index (χ0v) is 15.2. The maximum atomic E-state index is 11.7. The molecule has 0 aliphatic heterocycles. The van der Waals surface area contributed by atoms with Crippen molar-refractivity contribution in [1.29, 1.82) is 0 Å². The smallest absolute Gasteiger partial charge is 0.407 e. The van der Waals surface area contributed by atoms with Gasteiger partial charge in [0.15, 0.2) is 0 Å². The summed E-state index contributed by atoms with van der Waals surface area (Å²) in [6, 6.07) is 17.3. The van der Waals surface area contributed by atoms with Crippen molar-refractivity contribution < 1.29 is 9.53 Å². The Hall–Kier alpha value is -3.02. The fourth-order valence-corrected chi connectivity index (χ4v) is 2.68. The van der Waals surface area contributed by atoms with Crippen LogP contribution in [0.25, 0.3) is 11.3 Å². The highest BCUT2D eigenvalue weighted by molar-refractivity contribution is 6.32. The highest BCUT2D eigenvalue weighted by Crippen LogP contribution is 2.16. The maximum absolute atomic E-state index is 11.7. The largest absolute Gasteiger partial charge is 0.445 e. The number of carbonyl (C=O) groups excluding carboxylic acids is 1. The molecular formula is C21H22BN3O2. The lowest BCUT2D eigenvalue weighted by molar-refractivity contribution is 0.139. The van der Waals surface area contributed by atoms with E-state index in [1.807, 2.05) is 60.8 Å². The summed E-state index contributed by atoms with van der Waals surface area (Å²) in [5.41, 5.74) is 3.76. The topological polar surface area (TPSA) is 67.0 Å². The van der Waals surface area contributed by atoms with Crippen LogP contribution in [0.3, 0.4) is 0 Å². The third-order valence-corrected chi connectivity index (χ3v) is 4.17. The number of rotatable bonds is 8. The van der Waals surface area contributed by atoms with Crippen molar-refractivity contribution in [2.45, 2.75) is 25.9 Å². The first-order chi connectivity index (χ1) is 13.2. The summed E-state index contributed by atoms with van der Waals surface area (Å²) >= 11 is 0. The molecule has 0 aliphatic carbocycles. The summed E-state index contributed by atoms with van der Waals surface area (Å²) in [5.74, 6) is 0.938. The van der Waals surface area contributed by atoms with Gasteiger partial charge < -0.3 is 15.0 Å². The number of nitrogens with zero attached hydrogens (tertiary/aromatic N) is 1. The Morgan fingerprint density at radius 2 is 1.85 bits per heavy atom. The second kappa shape index (κ2) is 9.62. The second-order valence-corrected chi connectivity index (χ2v) is 6.31. The summed E-state index contributed by atoms with van der Waals surface area (Å²) in [7, 11) is 5.71. The Morgan fingerprint density at radius 3 is 2.63 bits per heavy atom. The van der Waals surface area contributed by atoms with Gasteiger partial charge in [-0.3, -0.25) is 0 Å². The molecule has 1 amide bonds. The zero-order valence-electron chi connectivity index (χ0n) is 15.2. The van der Waals surface area contributed by atoms with Crippen molar-refractivity contribution in [3.05, 3.63) is 72.2 Å². The highest BCUT2D eigenvalue weighted by atomic mass is 16.5. The van der Waals surface area contributed by atoms with Crippen LogP contribution in [0.5, 0.6) is 0 Å². The van der Waals surface area contributed by atoms with Gasteiger partial charge in [-0.05, 0) is 24.0 Å². The normalized spacial score (nSPS) is 10.5. The van der Waals surface area contributed by atoms with E-state index in [1.165, 1.54) is 0 Å². The first-order valence-electron chi connectivity index (χ1n) is 9.05. The van der Waals surface area contributed by atoms with Gasteiger partial charge in [-0.15, -0.1) is 0 Å². The van der Waals surface area contributed by atoms with E-state index in [4.69, 9.17) is 12.6 Å². The Balaban J connectivity index is 1.32. The van der Waals surface area contributed by atoms with Crippen LogP contribution >= 0.6 is 0 Å². The number of aryl methyl sites for hydroxylation is 1. The molecule has 6 heteroatoms. The summed E-state index contributed by atoms with van der Waals surface area (Å²) in [4.78, 5) is 19.4. The number of imidazole rings is 1. The lowest BCUT2D eigenvalue weighted by Gasteiger charge is -2.06. The predicted molar refractivity (Wildman–Crippen MR) is 107 cm³/mol. The Bertz CT molecular complexity index is 847. The molecule has 0 saturated carbocycles. The number of nitrogens with one attached hydrogen (secondary N) is 2. The van der Waals surface area contributed by atoms with Gasteiger partial charge in [0.25, 0.3) is 0 Å². The summed E-state index contributed by atoms with van der Waals surface area (Å²) < 4.78 is 5.18. The lowest BCUT2D eigenvalue weighted by atomic mass is 9.95. The standard InChI is InChI=1S/C21H22BN3O2/c22-18-11-9-17(10-12-18)19-14-24-20(25-19)8-4-5-13-23-21(26)27-15-16-6-2-1-3-7-16/h1-3,6-7,9-12,14H,4-5,8,13,15H2,(H,23,26)(H,24,25). The van der Waals surface area contributed by atoms with Crippen molar-refractivity contribution in [3.63, 3.8) is 0 Å². The number of amides is 1. The molecule has 5 nitrogen and oxygen atoms in total. The van der Waals surface area contributed by atoms with E-state index in [0.29, 0.717) is 6.54 Å². The summed E-state index contributed by atoms with van der Waals surface area (Å²) in [6.07, 6.45) is 4.06. The number of hydrogen-bond acceptors (Lipinski definition) is 3. The monoisotopic (exact) mass is 359 g/mol. The van der Waals surface area contributed by atoms with Crippen LogP contribution in [0, 0.1) is 0 Å². The second-order valence-electron chi connectivity index (χ2n) is 6.31. The van der Waals surface area contributed by atoms with E-state index >= 15 is 0 Å². The number of aromatic amines is 1. The number of carbonyl (C=O) groups is 1. The van der Waals surface area contributed by atoms with E-state index in [2.05, 4.69) is 15.3 Å². The van der Waals surface area contributed by atoms with Gasteiger partial charge in [-0.2, -0.15) is 0 Å². The molecule has 2 N–H and O–H groups in total. The van der Waals surface area contributed by atoms with Crippen LogP contribution in [0.15, 0.2) is 60.8 Å². The fraction of sp³-hybridized carbons (Fsp3) is 0.238. The van der Waals surface area contributed by atoms with Crippen molar-refractivity contribution >= 4 is 19.4 Å². The number of benzene rings is 2. The van der Waals surface area contributed by atoms with Gasteiger partial charge in [-0.25, -0.2) is 9.78 Å². The molecule has 0 saturated heterocycles. The molecule has 1 heterocycles. The number of aromatic nitrogens is 2. The average molecular weight is 359 g/mol. The number of H-pyrrole nitrogens is 1. The summed E-state index contributed by atoms with van der Waals surface area (Å²) in [6.45, 7) is 0.867. The average Bonchev–Trinajstić information content (AvgIpc) is 3.16. The van der Waals surface area contributed by atoms with Gasteiger partial charge in [0.05, 0.1) is 11.9 Å². The third-order valence-electron chi connectivity index (χ3n) is 4.17. The first-order valence-corrected chi connectivity index (χ1v) is 9.05. The molecule has 0 unspecified atom stereocenters. The number of alkyl carbamates (subject to hydrolysis) is 1. The number of ether oxygens (including phenoxy) is 1. The third kappa shape index (κ3) is 6.03. The predicted octanol–water partition coefficient (Wildman–Crippen LogP) is 3.12. The van der Waals surface area contributed by atoms with Gasteiger partial charge in [0, 0.05) is 13.0 Å². The van der Waals surface area contributed by atoms with Crippen LogP contribution in [0.2, 0.25) is 0 Å². The van der Waals surface area contributed by atoms with E-state index in [-0.39, 0.29) is 12.7 Å². The van der Waals surface area contributed by atoms with Gasteiger partial charge in [0.2, 0.25) is 0 Å². The van der Waals surface area contributed by atoms with Crippen LogP contribution < -0.4 is 10.8 Å². The minimum atomic E-state index is -0.387. The van der Waals surface area contributed by atoms with E-state index in [1.54, 1.807) is 0 Å². The van der Waals surface area contributed by atoms with Crippen LogP contribution in [0.1, 0.15) is 24.2 Å². The number of unbranched alkanes of at least 4 members (excludes halogenated alkanes) is 1. The summed E-state index contributed by atoms with van der Waals surface area (Å²) in [5, 5.41) is 2.77. The molecule has 3 aromatic rings. The Morgan fingerprint density at radius 1 is 1.07 bits per heavy atom. The van der Waals surface area contributed by atoms with Crippen LogP contribution in [-0.4, -0.2) is 30.5 Å². The molecule has 0 spiro atoms. The van der Waals surface area contributed by atoms with Crippen molar-refractivity contribution in [3.8, 4) is 11.3 Å². The molecule has 0 atom stereocenters. The molecule has 2 aromatic carbocycles. The molecule has 3 rings (SSSR count). The SMILES string of the molecule is [B]c1ccc(-c2cnc(CCCCNC(=O)OCc3ccccc3)[nH]2)cc1. The minimum absolute atomic E-state index is 0.285. The fourth-order valence-electron chi connectivity index (χ4n) is 2.68. The molecule has 1 aromatic heterocycles. The molecule has 27 heavy (non-hydrogen) atoms. The van der Waals surface area contributed by atoms with Gasteiger partial charge in [0.1, 0.15) is 20.3 Å². The highest BCUT2D eigenvalue weighted by Gasteiger charge is 2.04.